The second kappa shape index (κ2) is 7.42. The van der Waals surface area contributed by atoms with Crippen molar-refractivity contribution in [1.29, 1.82) is 0 Å². The molecular formula is C20H24N2O3. The third-order valence-corrected chi connectivity index (χ3v) is 5.03. The molecule has 0 unspecified atom stereocenters. The zero-order valence-electron chi connectivity index (χ0n) is 14.3. The zero-order valence-corrected chi connectivity index (χ0v) is 14.3. The Morgan fingerprint density at radius 2 is 1.76 bits per heavy atom. The van der Waals surface area contributed by atoms with E-state index in [2.05, 4.69) is 16.7 Å². The van der Waals surface area contributed by atoms with Gasteiger partial charge in [-0.05, 0) is 49.1 Å². The minimum atomic E-state index is -0.250. The lowest BCUT2D eigenvalue weighted by atomic mass is 10.00. The zero-order chi connectivity index (χ0) is 17.1. The molecule has 5 nitrogen and oxygen atoms in total. The molecule has 25 heavy (non-hydrogen) atoms. The summed E-state index contributed by atoms with van der Waals surface area (Å²) in [5.41, 5.74) is 2.14. The fraction of sp³-hybridized carbons (Fsp3) is 0.450. The van der Waals surface area contributed by atoms with Crippen molar-refractivity contribution in [3.05, 3.63) is 54.4 Å². The number of carbonyl (C=O) groups excluding carboxylic acids is 1. The van der Waals surface area contributed by atoms with Crippen LogP contribution in [-0.4, -0.2) is 47.5 Å². The molecule has 4 rings (SSSR count). The van der Waals surface area contributed by atoms with Crippen LogP contribution in [-0.2, 0) is 20.7 Å². The van der Waals surface area contributed by atoms with E-state index in [4.69, 9.17) is 9.47 Å². The molecule has 132 valence electrons. The van der Waals surface area contributed by atoms with Gasteiger partial charge in [-0.2, -0.15) is 0 Å². The van der Waals surface area contributed by atoms with E-state index in [-0.39, 0.29) is 18.2 Å². The average molecular weight is 340 g/mol. The maximum atomic E-state index is 12.9. The Morgan fingerprint density at radius 1 is 1.04 bits per heavy atom. The van der Waals surface area contributed by atoms with Gasteiger partial charge in [0.25, 0.3) is 0 Å². The van der Waals surface area contributed by atoms with Gasteiger partial charge in [0.05, 0.1) is 25.7 Å². The molecule has 1 amide bonds. The molecule has 2 aliphatic rings. The first-order chi connectivity index (χ1) is 12.3. The third-order valence-electron chi connectivity index (χ3n) is 5.03. The number of piperidine rings is 1. The Hall–Kier alpha value is -2.11. The monoisotopic (exact) mass is 340 g/mol. The number of amides is 1. The van der Waals surface area contributed by atoms with Crippen LogP contribution in [0.1, 0.15) is 24.8 Å². The molecule has 1 aromatic heterocycles. The maximum absolute atomic E-state index is 12.9. The highest BCUT2D eigenvalue weighted by molar-refractivity contribution is 5.79. The molecule has 3 heterocycles. The third kappa shape index (κ3) is 3.62. The second-order valence-electron chi connectivity index (χ2n) is 6.69. The fourth-order valence-corrected chi connectivity index (χ4v) is 3.72. The molecule has 2 fully saturated rings. The van der Waals surface area contributed by atoms with Crippen molar-refractivity contribution in [3.8, 4) is 5.69 Å². The Kier molecular flexibility index (Phi) is 4.85. The number of hydrogen-bond acceptors (Lipinski definition) is 3. The highest BCUT2D eigenvalue weighted by Gasteiger charge is 2.35. The minimum absolute atomic E-state index is 0.0582. The Bertz CT molecular complexity index is 690. The van der Waals surface area contributed by atoms with Crippen LogP contribution in [0.5, 0.6) is 0 Å². The molecule has 0 N–H and O–H groups in total. The van der Waals surface area contributed by atoms with Crippen LogP contribution < -0.4 is 0 Å². The van der Waals surface area contributed by atoms with Crippen molar-refractivity contribution in [2.75, 3.05) is 19.8 Å². The Balaban J connectivity index is 1.43. The molecule has 0 bridgehead atoms. The summed E-state index contributed by atoms with van der Waals surface area (Å²) in [6.07, 6.45) is 7.35. The van der Waals surface area contributed by atoms with E-state index in [1.54, 1.807) is 0 Å². The summed E-state index contributed by atoms with van der Waals surface area (Å²) in [6, 6.07) is 12.2. The standard InChI is InChI=1S/C20H24N2O3/c23-19(22-12-2-1-5-18(22)20-24-13-14-25-20)15-16-6-8-17(9-7-16)21-10-3-4-11-21/h3-4,6-11,18,20H,1-2,5,12-15H2/t18-/m1/s1. The van der Waals surface area contributed by atoms with E-state index < -0.39 is 0 Å². The molecule has 0 saturated carbocycles. The molecule has 2 aliphatic heterocycles. The van der Waals surface area contributed by atoms with E-state index in [1.165, 1.54) is 0 Å². The van der Waals surface area contributed by atoms with Crippen LogP contribution in [0.15, 0.2) is 48.8 Å². The number of rotatable bonds is 4. The van der Waals surface area contributed by atoms with E-state index in [0.29, 0.717) is 19.6 Å². The highest BCUT2D eigenvalue weighted by Crippen LogP contribution is 2.25. The number of benzene rings is 1. The fourth-order valence-electron chi connectivity index (χ4n) is 3.72. The summed E-state index contributed by atoms with van der Waals surface area (Å²) in [5.74, 6) is 0.164. The molecule has 5 heteroatoms. The largest absolute Gasteiger partial charge is 0.348 e. The van der Waals surface area contributed by atoms with Gasteiger partial charge in [-0.15, -0.1) is 0 Å². The Morgan fingerprint density at radius 3 is 2.48 bits per heavy atom. The van der Waals surface area contributed by atoms with Crippen molar-refractivity contribution in [3.63, 3.8) is 0 Å². The van der Waals surface area contributed by atoms with Gasteiger partial charge in [0, 0.05) is 24.6 Å². The number of carbonyl (C=O) groups is 1. The van der Waals surface area contributed by atoms with Crippen LogP contribution >= 0.6 is 0 Å². The number of nitrogens with zero attached hydrogens (tertiary/aromatic N) is 2. The number of likely N-dealkylation sites (tertiary alicyclic amines) is 1. The van der Waals surface area contributed by atoms with Gasteiger partial charge in [0.15, 0.2) is 6.29 Å². The summed E-state index contributed by atoms with van der Waals surface area (Å²) < 4.78 is 13.4. The molecular weight excluding hydrogens is 316 g/mol. The molecule has 1 atom stereocenters. The quantitative estimate of drug-likeness (QED) is 0.860. The number of aromatic nitrogens is 1. The van der Waals surface area contributed by atoms with Crippen molar-refractivity contribution in [1.82, 2.24) is 9.47 Å². The van der Waals surface area contributed by atoms with E-state index in [0.717, 1.165) is 37.1 Å². The molecule has 1 aromatic carbocycles. The second-order valence-corrected chi connectivity index (χ2v) is 6.69. The molecule has 0 aliphatic carbocycles. The predicted octanol–water partition coefficient (Wildman–Crippen LogP) is 2.77. The SMILES string of the molecule is O=C(Cc1ccc(-n2cccc2)cc1)N1CCCC[C@@H]1C1OCCO1. The van der Waals surface area contributed by atoms with Gasteiger partial charge in [0.2, 0.25) is 5.91 Å². The van der Waals surface area contributed by atoms with Crippen molar-refractivity contribution in [2.45, 2.75) is 38.0 Å². The van der Waals surface area contributed by atoms with Gasteiger partial charge >= 0.3 is 0 Å². The number of hydrogen-bond donors (Lipinski definition) is 0. The smallest absolute Gasteiger partial charge is 0.227 e. The lowest BCUT2D eigenvalue weighted by Crippen LogP contribution is -2.50. The minimum Gasteiger partial charge on any atom is -0.348 e. The lowest BCUT2D eigenvalue weighted by Gasteiger charge is -2.38. The number of ether oxygens (including phenoxy) is 2. The summed E-state index contributed by atoms with van der Waals surface area (Å²) in [4.78, 5) is 14.8. The summed E-state index contributed by atoms with van der Waals surface area (Å²) >= 11 is 0. The maximum Gasteiger partial charge on any atom is 0.227 e. The Labute approximate surface area is 148 Å². The highest BCUT2D eigenvalue weighted by atomic mass is 16.7. The van der Waals surface area contributed by atoms with Gasteiger partial charge in [-0.25, -0.2) is 0 Å². The van der Waals surface area contributed by atoms with E-state index in [9.17, 15) is 4.79 Å². The van der Waals surface area contributed by atoms with Crippen molar-refractivity contribution < 1.29 is 14.3 Å². The van der Waals surface area contributed by atoms with Crippen LogP contribution in [0.3, 0.4) is 0 Å². The molecule has 2 aromatic rings. The van der Waals surface area contributed by atoms with E-state index >= 15 is 0 Å². The van der Waals surface area contributed by atoms with Crippen LogP contribution in [0.25, 0.3) is 5.69 Å². The van der Waals surface area contributed by atoms with Gasteiger partial charge in [-0.1, -0.05) is 12.1 Å². The van der Waals surface area contributed by atoms with Gasteiger partial charge in [-0.3, -0.25) is 4.79 Å². The van der Waals surface area contributed by atoms with Gasteiger partial charge < -0.3 is 18.9 Å². The summed E-state index contributed by atoms with van der Waals surface area (Å²) in [7, 11) is 0. The first kappa shape index (κ1) is 16.4. The molecule has 0 spiro atoms. The van der Waals surface area contributed by atoms with Crippen molar-refractivity contribution >= 4 is 5.91 Å². The average Bonchev–Trinajstić information content (AvgIpc) is 3.36. The van der Waals surface area contributed by atoms with Crippen LogP contribution in [0, 0.1) is 0 Å². The van der Waals surface area contributed by atoms with E-state index in [1.807, 2.05) is 41.6 Å². The van der Waals surface area contributed by atoms with Crippen molar-refractivity contribution in [2.24, 2.45) is 0 Å². The summed E-state index contributed by atoms with van der Waals surface area (Å²) in [5, 5.41) is 0. The summed E-state index contributed by atoms with van der Waals surface area (Å²) in [6.45, 7) is 2.06. The van der Waals surface area contributed by atoms with Crippen LogP contribution in [0.4, 0.5) is 0 Å². The van der Waals surface area contributed by atoms with Crippen LogP contribution in [0.2, 0.25) is 0 Å². The topological polar surface area (TPSA) is 43.7 Å². The predicted molar refractivity (Wildman–Crippen MR) is 94.5 cm³/mol. The lowest BCUT2D eigenvalue weighted by molar-refractivity contribution is -0.149. The van der Waals surface area contributed by atoms with Gasteiger partial charge in [0.1, 0.15) is 0 Å². The normalized spacial score (nSPS) is 21.6. The molecule has 2 saturated heterocycles. The first-order valence-electron chi connectivity index (χ1n) is 9.06. The molecule has 0 radical (unpaired) electrons. The first-order valence-corrected chi connectivity index (χ1v) is 9.06.